The molecule has 1 N–H and O–H groups in total. The van der Waals surface area contributed by atoms with Gasteiger partial charge in [0.1, 0.15) is 0 Å². The maximum atomic E-state index is 4.78. The lowest BCUT2D eigenvalue weighted by Gasteiger charge is -2.01. The molecule has 4 rings (SSSR count). The zero-order chi connectivity index (χ0) is 13.5. The molecule has 0 unspecified atom stereocenters. The molecule has 0 atom stereocenters. The molecule has 0 saturated heterocycles. The van der Waals surface area contributed by atoms with Crippen LogP contribution >= 0.6 is 0 Å². The molecule has 3 aromatic rings. The van der Waals surface area contributed by atoms with Gasteiger partial charge in [-0.15, -0.1) is 0 Å². The van der Waals surface area contributed by atoms with Gasteiger partial charge in [0, 0.05) is 23.4 Å². The molecule has 0 spiro atoms. The van der Waals surface area contributed by atoms with Crippen molar-refractivity contribution in [3.05, 3.63) is 36.2 Å². The highest BCUT2D eigenvalue weighted by molar-refractivity contribution is 5.84. The van der Waals surface area contributed by atoms with Crippen LogP contribution in [0.1, 0.15) is 37.9 Å². The molecule has 102 valence electrons. The van der Waals surface area contributed by atoms with E-state index in [4.69, 9.17) is 10.1 Å². The van der Waals surface area contributed by atoms with Crippen LogP contribution in [0.3, 0.4) is 0 Å². The van der Waals surface area contributed by atoms with Crippen LogP contribution < -0.4 is 0 Å². The maximum Gasteiger partial charge on any atom is 0.174 e. The molecule has 2 heterocycles. The van der Waals surface area contributed by atoms with Crippen LogP contribution in [0.5, 0.6) is 0 Å². The van der Waals surface area contributed by atoms with Crippen molar-refractivity contribution in [1.82, 2.24) is 19.7 Å². The van der Waals surface area contributed by atoms with Crippen molar-refractivity contribution in [3.8, 4) is 11.5 Å². The van der Waals surface area contributed by atoms with Gasteiger partial charge < -0.3 is 4.98 Å². The highest BCUT2D eigenvalue weighted by Crippen LogP contribution is 2.39. The average Bonchev–Trinajstić information content (AvgIpc) is 3.08. The topological polar surface area (TPSA) is 46.5 Å². The van der Waals surface area contributed by atoms with Crippen LogP contribution in [0.25, 0.3) is 22.4 Å². The first kappa shape index (κ1) is 11.7. The number of para-hydroxylation sites is 1. The summed E-state index contributed by atoms with van der Waals surface area (Å²) in [5.41, 5.74) is 2.22. The molecule has 20 heavy (non-hydrogen) atoms. The predicted octanol–water partition coefficient (Wildman–Crippen LogP) is 3.71. The highest BCUT2D eigenvalue weighted by atomic mass is 15.4. The van der Waals surface area contributed by atoms with Gasteiger partial charge in [0.25, 0.3) is 0 Å². The van der Waals surface area contributed by atoms with Crippen molar-refractivity contribution in [2.45, 2.75) is 38.6 Å². The fraction of sp³-hybridized carbons (Fsp3) is 0.375. The van der Waals surface area contributed by atoms with E-state index in [1.807, 2.05) is 0 Å². The molecule has 2 aromatic heterocycles. The van der Waals surface area contributed by atoms with Gasteiger partial charge in [-0.25, -0.2) is 9.67 Å². The van der Waals surface area contributed by atoms with Crippen LogP contribution in [0.2, 0.25) is 0 Å². The Kier molecular flexibility index (Phi) is 2.62. The maximum absolute atomic E-state index is 4.78. The summed E-state index contributed by atoms with van der Waals surface area (Å²) in [5.74, 6) is 2.59. The number of nitrogens with one attached hydrogen (secondary N) is 1. The molecule has 0 bridgehead atoms. The Balaban J connectivity index is 1.82. The first-order valence-electron chi connectivity index (χ1n) is 7.38. The van der Waals surface area contributed by atoms with E-state index >= 15 is 0 Å². The fourth-order valence-electron chi connectivity index (χ4n) is 2.63. The molecule has 1 aliphatic rings. The lowest BCUT2D eigenvalue weighted by atomic mass is 10.2. The van der Waals surface area contributed by atoms with Gasteiger partial charge in [-0.05, 0) is 31.4 Å². The van der Waals surface area contributed by atoms with Crippen LogP contribution in [-0.2, 0) is 6.54 Å². The minimum atomic E-state index is 0.594. The van der Waals surface area contributed by atoms with Crippen molar-refractivity contribution in [1.29, 1.82) is 0 Å². The molecule has 0 aliphatic heterocycles. The summed E-state index contributed by atoms with van der Waals surface area (Å²) in [6.45, 7) is 3.10. The normalized spacial score (nSPS) is 15.1. The average molecular weight is 266 g/mol. The van der Waals surface area contributed by atoms with Gasteiger partial charge in [-0.1, -0.05) is 25.1 Å². The number of hydrogen-bond acceptors (Lipinski definition) is 2. The van der Waals surface area contributed by atoms with Crippen molar-refractivity contribution in [2.24, 2.45) is 0 Å². The van der Waals surface area contributed by atoms with Gasteiger partial charge in [0.05, 0.1) is 5.69 Å². The third-order valence-corrected chi connectivity index (χ3v) is 3.84. The van der Waals surface area contributed by atoms with E-state index in [0.29, 0.717) is 5.92 Å². The van der Waals surface area contributed by atoms with E-state index in [-0.39, 0.29) is 0 Å². The minimum Gasteiger partial charge on any atom is -0.352 e. The SMILES string of the molecule is CCCn1nc(C2CC2)nc1-c1cc2ccccc2[nH]1. The molecule has 1 fully saturated rings. The molecule has 1 saturated carbocycles. The number of aromatic amines is 1. The Morgan fingerprint density at radius 3 is 2.90 bits per heavy atom. The summed E-state index contributed by atoms with van der Waals surface area (Å²) < 4.78 is 2.05. The quantitative estimate of drug-likeness (QED) is 0.782. The Morgan fingerprint density at radius 2 is 2.15 bits per heavy atom. The number of benzene rings is 1. The zero-order valence-corrected chi connectivity index (χ0v) is 11.6. The molecule has 1 aromatic carbocycles. The van der Waals surface area contributed by atoms with E-state index in [0.717, 1.165) is 35.8 Å². The fourth-order valence-corrected chi connectivity index (χ4v) is 2.63. The smallest absolute Gasteiger partial charge is 0.174 e. The van der Waals surface area contributed by atoms with Crippen molar-refractivity contribution >= 4 is 10.9 Å². The van der Waals surface area contributed by atoms with E-state index in [9.17, 15) is 0 Å². The Bertz CT molecular complexity index is 716. The largest absolute Gasteiger partial charge is 0.352 e. The molecule has 1 aliphatic carbocycles. The second kappa shape index (κ2) is 4.47. The Hall–Kier alpha value is -2.10. The lowest BCUT2D eigenvalue weighted by molar-refractivity contribution is 0.599. The number of H-pyrrole nitrogens is 1. The lowest BCUT2D eigenvalue weighted by Crippen LogP contribution is -2.02. The number of rotatable bonds is 4. The summed E-state index contributed by atoms with van der Waals surface area (Å²) in [6.07, 6.45) is 3.55. The molecule has 0 radical (unpaired) electrons. The van der Waals surface area contributed by atoms with Gasteiger partial charge >= 0.3 is 0 Å². The predicted molar refractivity (Wildman–Crippen MR) is 79.6 cm³/mol. The van der Waals surface area contributed by atoms with Crippen LogP contribution in [0.15, 0.2) is 30.3 Å². The first-order chi connectivity index (χ1) is 9.85. The second-order valence-corrected chi connectivity index (χ2v) is 5.56. The van der Waals surface area contributed by atoms with Gasteiger partial charge in [-0.3, -0.25) is 0 Å². The Morgan fingerprint density at radius 1 is 1.30 bits per heavy atom. The molecule has 4 heteroatoms. The van der Waals surface area contributed by atoms with E-state index in [2.05, 4.69) is 46.9 Å². The summed E-state index contributed by atoms with van der Waals surface area (Å²) in [4.78, 5) is 8.24. The summed E-state index contributed by atoms with van der Waals surface area (Å²) in [7, 11) is 0. The van der Waals surface area contributed by atoms with Crippen molar-refractivity contribution in [3.63, 3.8) is 0 Å². The van der Waals surface area contributed by atoms with Gasteiger partial charge in [0.2, 0.25) is 0 Å². The zero-order valence-electron chi connectivity index (χ0n) is 11.6. The van der Waals surface area contributed by atoms with Crippen LogP contribution in [-0.4, -0.2) is 19.7 Å². The van der Waals surface area contributed by atoms with Crippen LogP contribution in [0.4, 0.5) is 0 Å². The monoisotopic (exact) mass is 266 g/mol. The number of fused-ring (bicyclic) bond motifs is 1. The molecule has 0 amide bonds. The first-order valence-corrected chi connectivity index (χ1v) is 7.38. The van der Waals surface area contributed by atoms with E-state index in [1.54, 1.807) is 0 Å². The van der Waals surface area contributed by atoms with Gasteiger partial charge in [0.15, 0.2) is 11.6 Å². The van der Waals surface area contributed by atoms with E-state index in [1.165, 1.54) is 18.2 Å². The third kappa shape index (κ3) is 1.92. The highest BCUT2D eigenvalue weighted by Gasteiger charge is 2.29. The standard InChI is InChI=1S/C16H18N4/c1-2-9-20-16(18-15(19-20)11-7-8-11)14-10-12-5-3-4-6-13(12)17-14/h3-6,10-11,17H,2,7-9H2,1H3. The number of aryl methyl sites for hydroxylation is 1. The van der Waals surface area contributed by atoms with E-state index < -0.39 is 0 Å². The number of aromatic nitrogens is 4. The van der Waals surface area contributed by atoms with Crippen molar-refractivity contribution < 1.29 is 0 Å². The molecule has 4 nitrogen and oxygen atoms in total. The van der Waals surface area contributed by atoms with Crippen molar-refractivity contribution in [2.75, 3.05) is 0 Å². The Labute approximate surface area is 117 Å². The summed E-state index contributed by atoms with van der Waals surface area (Å²) >= 11 is 0. The van der Waals surface area contributed by atoms with Gasteiger partial charge in [-0.2, -0.15) is 5.10 Å². The number of hydrogen-bond donors (Lipinski definition) is 1. The number of nitrogens with zero attached hydrogens (tertiary/aromatic N) is 3. The minimum absolute atomic E-state index is 0.594. The second-order valence-electron chi connectivity index (χ2n) is 5.56. The summed E-state index contributed by atoms with van der Waals surface area (Å²) in [5, 5.41) is 5.92. The molecular weight excluding hydrogens is 248 g/mol. The van der Waals surface area contributed by atoms with Crippen LogP contribution in [0, 0.1) is 0 Å². The molecular formula is C16H18N4. The third-order valence-electron chi connectivity index (χ3n) is 3.84. The summed E-state index contributed by atoms with van der Waals surface area (Å²) in [6, 6.07) is 10.5.